The summed E-state index contributed by atoms with van der Waals surface area (Å²) in [6, 6.07) is 26.3. The van der Waals surface area contributed by atoms with Crippen LogP contribution in [-0.4, -0.2) is 22.9 Å². The minimum atomic E-state index is -0.882. The topological polar surface area (TPSA) is 62.7 Å². The Bertz CT molecular complexity index is 1330. The normalized spacial score (nSPS) is 22.6. The molecule has 0 unspecified atom stereocenters. The van der Waals surface area contributed by atoms with Gasteiger partial charge in [-0.25, -0.2) is 9.96 Å². The van der Waals surface area contributed by atoms with Gasteiger partial charge in [0.1, 0.15) is 5.92 Å². The van der Waals surface area contributed by atoms with Crippen LogP contribution in [-0.2, 0) is 14.4 Å². The second-order valence-electron chi connectivity index (χ2n) is 7.98. The van der Waals surface area contributed by atoms with E-state index in [0.29, 0.717) is 5.69 Å². The zero-order valence-corrected chi connectivity index (χ0v) is 17.0. The molecule has 0 saturated carbocycles. The maximum atomic E-state index is 13.7. The quantitative estimate of drug-likeness (QED) is 0.462. The fourth-order valence-electron chi connectivity index (χ4n) is 4.68. The molecule has 0 N–H and O–H groups in total. The number of carbonyl (C=O) groups excluding carboxylic acids is 2. The Morgan fingerprint density at radius 1 is 0.719 bits per heavy atom. The van der Waals surface area contributed by atoms with Crippen LogP contribution in [0.2, 0.25) is 0 Å². The van der Waals surface area contributed by atoms with E-state index < -0.39 is 18.1 Å². The van der Waals surface area contributed by atoms with Crippen molar-refractivity contribution in [3.05, 3.63) is 103 Å². The molecule has 0 radical (unpaired) electrons. The Morgan fingerprint density at radius 2 is 1.44 bits per heavy atom. The lowest BCUT2D eigenvalue weighted by Gasteiger charge is -2.28. The van der Waals surface area contributed by atoms with Crippen molar-refractivity contribution < 1.29 is 14.4 Å². The van der Waals surface area contributed by atoms with Crippen molar-refractivity contribution in [2.24, 2.45) is 5.92 Å². The molecule has 0 aliphatic carbocycles. The summed E-state index contributed by atoms with van der Waals surface area (Å²) in [5, 5.41) is 3.72. The first-order valence-electron chi connectivity index (χ1n) is 10.5. The number of hydrogen-bond donors (Lipinski definition) is 0. The van der Waals surface area contributed by atoms with E-state index in [1.54, 1.807) is 17.5 Å². The monoisotopic (exact) mass is 421 g/mol. The number of carbonyl (C=O) groups is 2. The summed E-state index contributed by atoms with van der Waals surface area (Å²) in [4.78, 5) is 38.6. The number of rotatable bonds is 3. The first-order chi connectivity index (χ1) is 15.7. The number of nitrogens with zero attached hydrogens (tertiary/aromatic N) is 3. The molecule has 2 aliphatic heterocycles. The van der Waals surface area contributed by atoms with Gasteiger partial charge < -0.3 is 0 Å². The highest BCUT2D eigenvalue weighted by molar-refractivity contribution is 6.24. The van der Waals surface area contributed by atoms with E-state index in [4.69, 9.17) is 4.84 Å². The van der Waals surface area contributed by atoms with Gasteiger partial charge in [0.25, 0.3) is 5.91 Å². The van der Waals surface area contributed by atoms with Gasteiger partial charge >= 0.3 is 0 Å². The summed E-state index contributed by atoms with van der Waals surface area (Å²) in [6.45, 7) is 0. The number of fused-ring (bicyclic) bond motifs is 2. The van der Waals surface area contributed by atoms with Gasteiger partial charge in [0, 0.05) is 12.4 Å². The summed E-state index contributed by atoms with van der Waals surface area (Å²) < 4.78 is 0. The second-order valence-corrected chi connectivity index (χ2v) is 7.98. The minimum Gasteiger partial charge on any atom is -0.273 e. The number of aromatic nitrogens is 1. The molecule has 2 amide bonds. The summed E-state index contributed by atoms with van der Waals surface area (Å²) in [6.07, 6.45) is 2.50. The van der Waals surface area contributed by atoms with Crippen molar-refractivity contribution in [2.75, 3.05) is 9.96 Å². The highest BCUT2D eigenvalue weighted by Crippen LogP contribution is 2.47. The van der Waals surface area contributed by atoms with Crippen LogP contribution in [0.15, 0.2) is 97.3 Å². The van der Waals surface area contributed by atoms with Gasteiger partial charge in [-0.3, -0.25) is 19.4 Å². The molecule has 6 nitrogen and oxygen atoms in total. The number of anilines is 2. The molecule has 0 bridgehead atoms. The highest BCUT2D eigenvalue weighted by Gasteiger charge is 2.60. The summed E-state index contributed by atoms with van der Waals surface area (Å²) in [5.74, 6) is -1.25. The molecule has 3 atom stereocenters. The molecule has 1 aromatic heterocycles. The first-order valence-corrected chi connectivity index (χ1v) is 10.5. The molecule has 6 heteroatoms. The average molecular weight is 421 g/mol. The standard InChI is InChI=1S/C26H19N3O3/c30-25-22-23(18-12-14-27-15-13-18)29(20-8-2-1-3-9-20)32-24(22)26(31)28(25)21-11-10-17-6-4-5-7-19(17)16-21/h1-16,22-24H/t22-,23+,24-/m1/s1. The fraction of sp³-hybridized carbons (Fsp3) is 0.115. The molecule has 3 heterocycles. The Labute approximate surface area is 184 Å². The van der Waals surface area contributed by atoms with Gasteiger partial charge in [-0.15, -0.1) is 0 Å². The fourth-order valence-corrected chi connectivity index (χ4v) is 4.68. The molecule has 156 valence electrons. The Kier molecular flexibility index (Phi) is 4.26. The summed E-state index contributed by atoms with van der Waals surface area (Å²) >= 11 is 0. The van der Waals surface area contributed by atoms with E-state index in [1.807, 2.05) is 84.9 Å². The molecule has 3 aromatic carbocycles. The van der Waals surface area contributed by atoms with Crippen molar-refractivity contribution >= 4 is 34.0 Å². The van der Waals surface area contributed by atoms with Gasteiger partial charge in [-0.2, -0.15) is 0 Å². The van der Waals surface area contributed by atoms with Crippen LogP contribution in [0.1, 0.15) is 11.6 Å². The van der Waals surface area contributed by atoms with Crippen molar-refractivity contribution in [1.29, 1.82) is 0 Å². The number of para-hydroxylation sites is 1. The molecule has 0 spiro atoms. The van der Waals surface area contributed by atoms with Crippen LogP contribution < -0.4 is 9.96 Å². The zero-order valence-electron chi connectivity index (χ0n) is 17.0. The predicted octanol–water partition coefficient (Wildman–Crippen LogP) is 4.29. The Morgan fingerprint density at radius 3 is 2.22 bits per heavy atom. The SMILES string of the molecule is O=C1[C@H]2[C@@H](ON(c3ccccc3)[C@H]2c2ccncc2)C(=O)N1c1ccc2ccccc2c1. The highest BCUT2D eigenvalue weighted by atomic mass is 16.7. The van der Waals surface area contributed by atoms with Gasteiger partial charge in [0.05, 0.1) is 17.4 Å². The predicted molar refractivity (Wildman–Crippen MR) is 121 cm³/mol. The van der Waals surface area contributed by atoms with Crippen LogP contribution in [0, 0.1) is 5.92 Å². The molecular weight excluding hydrogens is 402 g/mol. The van der Waals surface area contributed by atoms with E-state index >= 15 is 0 Å². The van der Waals surface area contributed by atoms with Gasteiger partial charge in [0.2, 0.25) is 5.91 Å². The molecule has 6 rings (SSSR count). The molecule has 4 aromatic rings. The minimum absolute atomic E-state index is 0.254. The van der Waals surface area contributed by atoms with Crippen molar-refractivity contribution in [2.45, 2.75) is 12.1 Å². The molecule has 2 saturated heterocycles. The Balaban J connectivity index is 1.43. The summed E-state index contributed by atoms with van der Waals surface area (Å²) in [7, 11) is 0. The van der Waals surface area contributed by atoms with Gasteiger partial charge in [-0.1, -0.05) is 48.5 Å². The number of hydroxylamine groups is 1. The third-order valence-corrected chi connectivity index (χ3v) is 6.16. The molecule has 2 aliphatic rings. The van der Waals surface area contributed by atoms with E-state index in [0.717, 1.165) is 22.0 Å². The maximum absolute atomic E-state index is 13.7. The van der Waals surface area contributed by atoms with Crippen molar-refractivity contribution in [3.8, 4) is 0 Å². The van der Waals surface area contributed by atoms with Crippen molar-refractivity contribution in [3.63, 3.8) is 0 Å². The molecule has 2 fully saturated rings. The van der Waals surface area contributed by atoms with Crippen molar-refractivity contribution in [1.82, 2.24) is 4.98 Å². The van der Waals surface area contributed by atoms with E-state index in [9.17, 15) is 9.59 Å². The summed E-state index contributed by atoms with van der Waals surface area (Å²) in [5.41, 5.74) is 2.23. The average Bonchev–Trinajstić information content (AvgIpc) is 3.36. The van der Waals surface area contributed by atoms with E-state index in [-0.39, 0.29) is 11.8 Å². The Hall–Kier alpha value is -4.03. The smallest absolute Gasteiger partial charge is 0.266 e. The van der Waals surface area contributed by atoms with Gasteiger partial charge in [0.15, 0.2) is 6.10 Å². The zero-order chi connectivity index (χ0) is 21.7. The number of imide groups is 1. The number of amides is 2. The number of hydrogen-bond acceptors (Lipinski definition) is 5. The third-order valence-electron chi connectivity index (χ3n) is 6.16. The van der Waals surface area contributed by atoms with Crippen LogP contribution in [0.3, 0.4) is 0 Å². The van der Waals surface area contributed by atoms with Crippen LogP contribution in [0.4, 0.5) is 11.4 Å². The lowest BCUT2D eigenvalue weighted by molar-refractivity contribution is -0.126. The third kappa shape index (κ3) is 2.81. The molecule has 32 heavy (non-hydrogen) atoms. The van der Waals surface area contributed by atoms with Crippen LogP contribution in [0.5, 0.6) is 0 Å². The van der Waals surface area contributed by atoms with E-state index in [2.05, 4.69) is 4.98 Å². The lowest BCUT2D eigenvalue weighted by atomic mass is 9.91. The molecular formula is C26H19N3O3. The van der Waals surface area contributed by atoms with Crippen LogP contribution >= 0.6 is 0 Å². The largest absolute Gasteiger partial charge is 0.273 e. The number of benzene rings is 3. The number of pyridine rings is 1. The van der Waals surface area contributed by atoms with E-state index in [1.165, 1.54) is 4.90 Å². The van der Waals surface area contributed by atoms with Gasteiger partial charge in [-0.05, 0) is 52.7 Å². The second kappa shape index (κ2) is 7.28. The maximum Gasteiger partial charge on any atom is 0.266 e. The van der Waals surface area contributed by atoms with Crippen LogP contribution in [0.25, 0.3) is 10.8 Å². The first kappa shape index (κ1) is 18.7. The lowest BCUT2D eigenvalue weighted by Crippen LogP contribution is -2.37.